The molecule has 0 radical (unpaired) electrons. The largest absolute Gasteiger partial charge is 0.493 e. The van der Waals surface area contributed by atoms with Crippen LogP contribution in [0.25, 0.3) is 22.0 Å². The maximum Gasteiger partial charge on any atom is 0.243 e. The Bertz CT molecular complexity index is 1940. The summed E-state index contributed by atoms with van der Waals surface area (Å²) in [6.07, 6.45) is 6.47. The standard InChI is InChI=1S/C38H44N4O6S/c1-21(43)39-28-15-13-22-19-33(46-2)36(47-3)37(48-4)34(22)24-14-16-29(32(44)20-26(24)28)40-31(17-18-49-5)38(45)42-30-12-8-10-25-23-9-6-7-11-27(23)41-35(25)30/h6-7,9,11,14,16,19-20,28,30-31,41H,8,10,12-13,15,17-18H2,1-5H3,(H,39,43)(H,40,44)(H,42,45)/t28-,30?,31-/m0/s1. The van der Waals surface area contributed by atoms with Crippen molar-refractivity contribution in [1.29, 1.82) is 0 Å². The Morgan fingerprint density at radius 2 is 1.76 bits per heavy atom. The monoisotopic (exact) mass is 684 g/mol. The van der Waals surface area contributed by atoms with Crippen LogP contribution in [0, 0.1) is 0 Å². The fourth-order valence-corrected chi connectivity index (χ4v) is 7.82. The Labute approximate surface area is 290 Å². The zero-order chi connectivity index (χ0) is 34.7. The Hall–Kier alpha value is -4.64. The van der Waals surface area contributed by atoms with Gasteiger partial charge < -0.3 is 35.1 Å². The lowest BCUT2D eigenvalue weighted by atomic mass is 9.91. The molecule has 2 aliphatic rings. The number of benzene rings is 2. The lowest BCUT2D eigenvalue weighted by Crippen LogP contribution is -2.43. The molecule has 1 heterocycles. The van der Waals surface area contributed by atoms with Gasteiger partial charge in [-0.15, -0.1) is 0 Å². The van der Waals surface area contributed by atoms with E-state index in [2.05, 4.69) is 33.1 Å². The van der Waals surface area contributed by atoms with Crippen molar-refractivity contribution in [2.24, 2.45) is 0 Å². The third kappa shape index (κ3) is 6.81. The number of thioether (sulfide) groups is 1. The van der Waals surface area contributed by atoms with E-state index in [1.54, 1.807) is 45.2 Å². The highest BCUT2D eigenvalue weighted by molar-refractivity contribution is 7.98. The van der Waals surface area contributed by atoms with Crippen molar-refractivity contribution in [3.05, 3.63) is 81.1 Å². The first-order chi connectivity index (χ1) is 23.8. The first-order valence-corrected chi connectivity index (χ1v) is 18.1. The molecule has 2 aliphatic carbocycles. The van der Waals surface area contributed by atoms with Crippen molar-refractivity contribution in [1.82, 2.24) is 15.6 Å². The number of aromatic amines is 1. The summed E-state index contributed by atoms with van der Waals surface area (Å²) in [5.74, 6) is 1.83. The summed E-state index contributed by atoms with van der Waals surface area (Å²) >= 11 is 1.65. The maximum atomic E-state index is 14.0. The molecule has 3 atom stereocenters. The number of amides is 2. The number of hydrogen-bond acceptors (Lipinski definition) is 8. The van der Waals surface area contributed by atoms with Gasteiger partial charge >= 0.3 is 0 Å². The molecule has 0 saturated heterocycles. The van der Waals surface area contributed by atoms with E-state index in [0.29, 0.717) is 47.8 Å². The molecular formula is C38H44N4O6S. The molecular weight excluding hydrogens is 641 g/mol. The normalized spacial score (nSPS) is 17.1. The molecule has 0 fully saturated rings. The Morgan fingerprint density at radius 3 is 2.49 bits per heavy atom. The molecule has 4 aromatic rings. The second-order valence-corrected chi connectivity index (χ2v) is 13.6. The number of fused-ring (bicyclic) bond motifs is 6. The predicted octanol–water partition coefficient (Wildman–Crippen LogP) is 6.07. The molecule has 11 heteroatoms. The van der Waals surface area contributed by atoms with E-state index in [9.17, 15) is 14.4 Å². The average Bonchev–Trinajstić information content (AvgIpc) is 3.33. The zero-order valence-corrected chi connectivity index (χ0v) is 29.5. The van der Waals surface area contributed by atoms with Gasteiger partial charge in [-0.05, 0) is 97.1 Å². The lowest BCUT2D eigenvalue weighted by Gasteiger charge is -2.27. The van der Waals surface area contributed by atoms with Crippen molar-refractivity contribution in [3.8, 4) is 28.4 Å². The number of hydrogen-bond donors (Lipinski definition) is 4. The molecule has 0 bridgehead atoms. The Balaban J connectivity index is 1.38. The number of para-hydroxylation sites is 1. The van der Waals surface area contributed by atoms with Gasteiger partial charge in [0.1, 0.15) is 6.04 Å². The first-order valence-electron chi connectivity index (χ1n) is 16.7. The van der Waals surface area contributed by atoms with Crippen LogP contribution in [-0.4, -0.2) is 56.2 Å². The maximum absolute atomic E-state index is 14.0. The minimum Gasteiger partial charge on any atom is -0.493 e. The smallest absolute Gasteiger partial charge is 0.243 e. The van der Waals surface area contributed by atoms with Crippen molar-refractivity contribution in [2.75, 3.05) is 38.7 Å². The van der Waals surface area contributed by atoms with E-state index in [1.807, 2.05) is 30.5 Å². The highest BCUT2D eigenvalue weighted by atomic mass is 32.2. The van der Waals surface area contributed by atoms with Gasteiger partial charge in [0.05, 0.1) is 39.1 Å². The van der Waals surface area contributed by atoms with Crippen LogP contribution in [0.2, 0.25) is 0 Å². The van der Waals surface area contributed by atoms with E-state index in [4.69, 9.17) is 14.2 Å². The highest BCUT2D eigenvalue weighted by Gasteiger charge is 2.31. The van der Waals surface area contributed by atoms with Crippen molar-refractivity contribution < 1.29 is 23.8 Å². The van der Waals surface area contributed by atoms with Crippen LogP contribution in [0.15, 0.2) is 53.3 Å². The molecule has 49 heavy (non-hydrogen) atoms. The third-order valence-corrected chi connectivity index (χ3v) is 10.2. The molecule has 6 rings (SSSR count). The number of anilines is 1. The summed E-state index contributed by atoms with van der Waals surface area (Å²) in [4.78, 5) is 43.9. The Kier molecular flexibility index (Phi) is 10.4. The van der Waals surface area contributed by atoms with Crippen LogP contribution >= 0.6 is 11.8 Å². The quantitative estimate of drug-likeness (QED) is 0.150. The Morgan fingerprint density at radius 1 is 0.959 bits per heavy atom. The summed E-state index contributed by atoms with van der Waals surface area (Å²) in [6, 6.07) is 14.1. The van der Waals surface area contributed by atoms with E-state index in [-0.39, 0.29) is 23.3 Å². The number of carbonyl (C=O) groups excluding carboxylic acids is 2. The molecule has 1 unspecified atom stereocenters. The van der Waals surface area contributed by atoms with Gasteiger partial charge in [-0.3, -0.25) is 14.4 Å². The van der Waals surface area contributed by atoms with Gasteiger partial charge in [0, 0.05) is 29.1 Å². The van der Waals surface area contributed by atoms with Gasteiger partial charge in [0.25, 0.3) is 0 Å². The minimum atomic E-state index is -0.644. The number of aryl methyl sites for hydroxylation is 2. The number of nitrogens with one attached hydrogen (secondary N) is 4. The summed E-state index contributed by atoms with van der Waals surface area (Å²) in [5, 5.41) is 10.9. The van der Waals surface area contributed by atoms with Gasteiger partial charge in [0.15, 0.2) is 11.5 Å². The van der Waals surface area contributed by atoms with Crippen molar-refractivity contribution >= 4 is 40.2 Å². The molecule has 258 valence electrons. The molecule has 0 spiro atoms. The van der Waals surface area contributed by atoms with Crippen LogP contribution in [-0.2, 0) is 22.4 Å². The lowest BCUT2D eigenvalue weighted by molar-refractivity contribution is -0.123. The molecule has 3 aromatic carbocycles. The van der Waals surface area contributed by atoms with E-state index in [0.717, 1.165) is 52.9 Å². The number of carbonyl (C=O) groups is 2. The van der Waals surface area contributed by atoms with Gasteiger partial charge in [-0.25, -0.2) is 0 Å². The summed E-state index contributed by atoms with van der Waals surface area (Å²) in [6.45, 7) is 1.47. The van der Waals surface area contributed by atoms with E-state index >= 15 is 0 Å². The van der Waals surface area contributed by atoms with Crippen LogP contribution in [0.4, 0.5) is 5.69 Å². The number of rotatable bonds is 11. The average molecular weight is 685 g/mol. The number of ether oxygens (including phenoxy) is 3. The fraction of sp³-hybridized carbons (Fsp3) is 0.395. The summed E-state index contributed by atoms with van der Waals surface area (Å²) < 4.78 is 17.3. The zero-order valence-electron chi connectivity index (χ0n) is 28.7. The van der Waals surface area contributed by atoms with Crippen LogP contribution < -0.4 is 35.6 Å². The van der Waals surface area contributed by atoms with Crippen LogP contribution in [0.3, 0.4) is 0 Å². The summed E-state index contributed by atoms with van der Waals surface area (Å²) in [7, 11) is 4.70. The third-order valence-electron chi connectivity index (χ3n) is 9.60. The molecule has 0 saturated carbocycles. The number of methoxy groups -OCH3 is 3. The molecule has 0 aliphatic heterocycles. The van der Waals surface area contributed by atoms with Gasteiger partial charge in [0.2, 0.25) is 23.0 Å². The highest BCUT2D eigenvalue weighted by Crippen LogP contribution is 2.50. The van der Waals surface area contributed by atoms with E-state index in [1.165, 1.54) is 17.9 Å². The van der Waals surface area contributed by atoms with Gasteiger partial charge in [-0.2, -0.15) is 11.8 Å². The second-order valence-electron chi connectivity index (χ2n) is 12.6. The molecule has 10 nitrogen and oxygen atoms in total. The molecule has 1 aromatic heterocycles. The number of H-pyrrole nitrogens is 1. The topological polar surface area (TPSA) is 131 Å². The molecule has 2 amide bonds. The van der Waals surface area contributed by atoms with Crippen LogP contribution in [0.1, 0.15) is 67.1 Å². The number of aromatic nitrogens is 1. The van der Waals surface area contributed by atoms with E-state index < -0.39 is 12.1 Å². The SMILES string of the molecule is COc1cc2c(c(OC)c1OC)-c1ccc(N[C@@H](CCSC)C(=O)NC3CCCc4c3[nH]c3ccccc43)c(=O)cc1[C@@H](NC(C)=O)CC2. The minimum absolute atomic E-state index is 0.147. The van der Waals surface area contributed by atoms with Crippen LogP contribution in [0.5, 0.6) is 17.2 Å². The predicted molar refractivity (Wildman–Crippen MR) is 195 cm³/mol. The summed E-state index contributed by atoms with van der Waals surface area (Å²) in [5.41, 5.74) is 6.52. The second kappa shape index (κ2) is 14.9. The molecule has 4 N–H and O–H groups in total. The van der Waals surface area contributed by atoms with Crippen molar-refractivity contribution in [2.45, 2.75) is 63.6 Å². The fourth-order valence-electron chi connectivity index (χ4n) is 7.35. The first kappa shape index (κ1) is 34.2. The van der Waals surface area contributed by atoms with Crippen molar-refractivity contribution in [3.63, 3.8) is 0 Å². The van der Waals surface area contributed by atoms with Gasteiger partial charge in [-0.1, -0.05) is 24.3 Å².